The lowest BCUT2D eigenvalue weighted by Crippen LogP contribution is -2.39. The van der Waals surface area contributed by atoms with Crippen LogP contribution < -0.4 is 5.32 Å². The summed E-state index contributed by atoms with van der Waals surface area (Å²) in [6.45, 7) is 16.8. The van der Waals surface area contributed by atoms with Crippen molar-refractivity contribution < 1.29 is 4.79 Å². The quantitative estimate of drug-likeness (QED) is 0.811. The topological polar surface area (TPSA) is 32.3 Å². The van der Waals surface area contributed by atoms with Crippen molar-refractivity contribution >= 4 is 5.91 Å². The Morgan fingerprint density at radius 3 is 2.19 bits per heavy atom. The predicted molar refractivity (Wildman–Crippen MR) is 87.8 cm³/mol. The normalized spacial score (nSPS) is 32.5. The second-order valence-corrected chi connectivity index (χ2v) is 8.32. The molecule has 1 amide bonds. The van der Waals surface area contributed by atoms with Gasteiger partial charge in [-0.1, -0.05) is 61.3 Å². The lowest BCUT2D eigenvalue weighted by molar-refractivity contribution is -0.131. The van der Waals surface area contributed by atoms with Crippen molar-refractivity contribution in [3.8, 4) is 0 Å². The van der Waals surface area contributed by atoms with E-state index in [4.69, 9.17) is 0 Å². The van der Waals surface area contributed by atoms with Gasteiger partial charge in [0.15, 0.2) is 0 Å². The van der Waals surface area contributed by atoms with Gasteiger partial charge in [-0.3, -0.25) is 10.1 Å². The van der Waals surface area contributed by atoms with E-state index in [1.54, 1.807) is 0 Å². The third-order valence-corrected chi connectivity index (χ3v) is 6.77. The largest absolute Gasteiger partial charge is 0.325 e. The van der Waals surface area contributed by atoms with Crippen LogP contribution >= 0.6 is 0 Å². The number of nitrogens with zero attached hydrogens (tertiary/aromatic N) is 1. The molecule has 1 N–H and O–H groups in total. The molecule has 1 aliphatic heterocycles. The van der Waals surface area contributed by atoms with E-state index < -0.39 is 0 Å². The van der Waals surface area contributed by atoms with Crippen molar-refractivity contribution in [1.82, 2.24) is 10.2 Å². The lowest BCUT2D eigenvalue weighted by atomic mass is 9.99. The molecule has 21 heavy (non-hydrogen) atoms. The summed E-state index contributed by atoms with van der Waals surface area (Å²) in [6.07, 6.45) is 3.48. The molecule has 2 fully saturated rings. The maximum atomic E-state index is 12.8. The Kier molecular flexibility index (Phi) is 4.45. The van der Waals surface area contributed by atoms with E-state index in [0.717, 1.165) is 25.8 Å². The van der Waals surface area contributed by atoms with Crippen LogP contribution in [-0.4, -0.2) is 29.6 Å². The summed E-state index contributed by atoms with van der Waals surface area (Å²) in [5, 5.41) is 3.61. The van der Waals surface area contributed by atoms with E-state index in [2.05, 4.69) is 58.7 Å². The van der Waals surface area contributed by atoms with Crippen molar-refractivity contribution in [2.45, 2.75) is 79.9 Å². The SMILES string of the molecule is CCCC1NC(C(C)CC)C(=O)N1CC1C(C)(C)C1(C)C. The van der Waals surface area contributed by atoms with E-state index in [1.807, 2.05) is 0 Å². The molecule has 1 saturated carbocycles. The number of amides is 1. The highest BCUT2D eigenvalue weighted by Gasteiger charge is 2.65. The van der Waals surface area contributed by atoms with E-state index in [9.17, 15) is 4.79 Å². The zero-order valence-electron chi connectivity index (χ0n) is 15.0. The minimum Gasteiger partial charge on any atom is -0.325 e. The number of carbonyl (C=O) groups is 1. The molecule has 2 aliphatic rings. The lowest BCUT2D eigenvalue weighted by Gasteiger charge is -2.25. The molecule has 0 spiro atoms. The van der Waals surface area contributed by atoms with Crippen LogP contribution in [0, 0.1) is 22.7 Å². The fourth-order valence-corrected chi connectivity index (χ4v) is 4.06. The number of rotatable bonds is 6. The molecule has 3 atom stereocenters. The molecular weight excluding hydrogens is 260 g/mol. The van der Waals surface area contributed by atoms with Crippen LogP contribution in [0.3, 0.4) is 0 Å². The Morgan fingerprint density at radius 1 is 1.19 bits per heavy atom. The predicted octanol–water partition coefficient (Wildman–Crippen LogP) is 3.64. The van der Waals surface area contributed by atoms with Gasteiger partial charge in [0.2, 0.25) is 5.91 Å². The number of hydrogen-bond donors (Lipinski definition) is 1. The molecular formula is C18H34N2O. The Hall–Kier alpha value is -0.570. The van der Waals surface area contributed by atoms with Crippen LogP contribution in [0.25, 0.3) is 0 Å². The molecule has 1 saturated heterocycles. The summed E-state index contributed by atoms with van der Waals surface area (Å²) in [5.74, 6) is 1.37. The van der Waals surface area contributed by atoms with E-state index >= 15 is 0 Å². The van der Waals surface area contributed by atoms with E-state index in [1.165, 1.54) is 0 Å². The summed E-state index contributed by atoms with van der Waals surface area (Å²) in [6, 6.07) is 0.0246. The smallest absolute Gasteiger partial charge is 0.241 e. The van der Waals surface area contributed by atoms with Crippen LogP contribution in [0.2, 0.25) is 0 Å². The summed E-state index contributed by atoms with van der Waals surface area (Å²) in [5.41, 5.74) is 0.691. The molecule has 0 aromatic heterocycles. The number of hydrogen-bond acceptors (Lipinski definition) is 2. The summed E-state index contributed by atoms with van der Waals surface area (Å²) in [4.78, 5) is 15.0. The van der Waals surface area contributed by atoms with Gasteiger partial charge in [-0.15, -0.1) is 0 Å². The van der Waals surface area contributed by atoms with Crippen molar-refractivity contribution in [3.05, 3.63) is 0 Å². The molecule has 122 valence electrons. The van der Waals surface area contributed by atoms with Gasteiger partial charge in [-0.2, -0.15) is 0 Å². The Bertz CT molecular complexity index is 388. The van der Waals surface area contributed by atoms with Crippen molar-refractivity contribution in [1.29, 1.82) is 0 Å². The van der Waals surface area contributed by atoms with Gasteiger partial charge in [-0.25, -0.2) is 0 Å². The van der Waals surface area contributed by atoms with Gasteiger partial charge in [0.05, 0.1) is 12.2 Å². The molecule has 1 aliphatic carbocycles. The Labute approximate surface area is 130 Å². The Balaban J connectivity index is 2.11. The number of nitrogens with one attached hydrogen (secondary N) is 1. The van der Waals surface area contributed by atoms with Crippen molar-refractivity contribution in [2.75, 3.05) is 6.54 Å². The van der Waals surface area contributed by atoms with Crippen LogP contribution in [0.4, 0.5) is 0 Å². The molecule has 0 radical (unpaired) electrons. The maximum absolute atomic E-state index is 12.8. The van der Waals surface area contributed by atoms with Gasteiger partial charge < -0.3 is 4.90 Å². The summed E-state index contributed by atoms with van der Waals surface area (Å²) >= 11 is 0. The van der Waals surface area contributed by atoms with Crippen LogP contribution in [-0.2, 0) is 4.79 Å². The van der Waals surface area contributed by atoms with E-state index in [0.29, 0.717) is 28.6 Å². The summed E-state index contributed by atoms with van der Waals surface area (Å²) < 4.78 is 0. The highest BCUT2D eigenvalue weighted by molar-refractivity contribution is 5.84. The zero-order chi connectivity index (χ0) is 16.0. The maximum Gasteiger partial charge on any atom is 0.241 e. The third kappa shape index (κ3) is 2.62. The molecule has 0 bridgehead atoms. The first-order valence-electron chi connectivity index (χ1n) is 8.75. The van der Waals surface area contributed by atoms with Gasteiger partial charge in [-0.05, 0) is 29.1 Å². The fraction of sp³-hybridized carbons (Fsp3) is 0.944. The monoisotopic (exact) mass is 294 g/mol. The fourth-order valence-electron chi connectivity index (χ4n) is 4.06. The molecule has 0 aromatic carbocycles. The van der Waals surface area contributed by atoms with Crippen molar-refractivity contribution in [2.24, 2.45) is 22.7 Å². The number of carbonyl (C=O) groups excluding carboxylic acids is 1. The van der Waals surface area contributed by atoms with E-state index in [-0.39, 0.29) is 12.2 Å². The molecule has 2 rings (SSSR count). The second kappa shape index (κ2) is 5.57. The van der Waals surface area contributed by atoms with Crippen LogP contribution in [0.1, 0.15) is 67.7 Å². The van der Waals surface area contributed by atoms with Crippen molar-refractivity contribution in [3.63, 3.8) is 0 Å². The Morgan fingerprint density at radius 2 is 1.76 bits per heavy atom. The minimum absolute atomic E-state index is 0.0246. The van der Waals surface area contributed by atoms with Gasteiger partial charge in [0, 0.05) is 6.54 Å². The first-order valence-corrected chi connectivity index (χ1v) is 8.75. The minimum atomic E-state index is 0.0246. The average Bonchev–Trinajstić information content (AvgIpc) is 2.68. The molecule has 3 nitrogen and oxygen atoms in total. The summed E-state index contributed by atoms with van der Waals surface area (Å²) in [7, 11) is 0. The first kappa shape index (κ1) is 16.8. The standard InChI is InChI=1S/C18H34N2O/c1-8-10-14-19-15(12(3)9-2)16(21)20(14)11-13-17(4,5)18(13,6)7/h12-15,19H,8-11H2,1-7H3. The molecule has 3 unspecified atom stereocenters. The van der Waals surface area contributed by atoms with Gasteiger partial charge >= 0.3 is 0 Å². The van der Waals surface area contributed by atoms with Gasteiger partial charge in [0.25, 0.3) is 0 Å². The molecule has 0 aromatic rings. The van der Waals surface area contributed by atoms with Gasteiger partial charge in [0.1, 0.15) is 0 Å². The average molecular weight is 294 g/mol. The van der Waals surface area contributed by atoms with Crippen LogP contribution in [0.15, 0.2) is 0 Å². The van der Waals surface area contributed by atoms with Crippen LogP contribution in [0.5, 0.6) is 0 Å². The second-order valence-electron chi connectivity index (χ2n) is 8.32. The molecule has 3 heteroatoms. The zero-order valence-corrected chi connectivity index (χ0v) is 15.0. The third-order valence-electron chi connectivity index (χ3n) is 6.77. The highest BCUT2D eigenvalue weighted by atomic mass is 16.2. The first-order chi connectivity index (χ1) is 9.68. The highest BCUT2D eigenvalue weighted by Crippen LogP contribution is 2.68. The molecule has 1 heterocycles.